The van der Waals surface area contributed by atoms with Crippen molar-refractivity contribution in [2.24, 2.45) is 0 Å². The van der Waals surface area contributed by atoms with Crippen molar-refractivity contribution in [2.75, 3.05) is 32.8 Å². The van der Waals surface area contributed by atoms with Gasteiger partial charge in [-0.2, -0.15) is 0 Å². The second kappa shape index (κ2) is 7.42. The summed E-state index contributed by atoms with van der Waals surface area (Å²) in [6.07, 6.45) is 3.13. The number of halogens is 1. The summed E-state index contributed by atoms with van der Waals surface area (Å²) in [5, 5.41) is 7.94. The maximum absolute atomic E-state index is 6.30. The van der Waals surface area contributed by atoms with Crippen molar-refractivity contribution in [3.05, 3.63) is 46.6 Å². The first kappa shape index (κ1) is 15.7. The van der Waals surface area contributed by atoms with Gasteiger partial charge < -0.3 is 15.4 Å². The Kier molecular flexibility index (Phi) is 5.31. The van der Waals surface area contributed by atoms with Gasteiger partial charge in [0.1, 0.15) is 0 Å². The third-order valence-corrected chi connectivity index (χ3v) is 4.53. The van der Waals surface area contributed by atoms with E-state index < -0.39 is 0 Å². The molecule has 6 heteroatoms. The number of rotatable bonds is 4. The van der Waals surface area contributed by atoms with Crippen LogP contribution < -0.4 is 10.6 Å². The van der Waals surface area contributed by atoms with Gasteiger partial charge in [0, 0.05) is 36.8 Å². The monoisotopic (exact) mass is 337 g/mol. The van der Waals surface area contributed by atoms with Crippen molar-refractivity contribution in [3.63, 3.8) is 0 Å². The summed E-state index contributed by atoms with van der Waals surface area (Å²) in [7, 11) is 0. The Bertz CT molecular complexity index is 572. The summed E-state index contributed by atoms with van der Waals surface area (Å²) in [5.74, 6) is 0. The summed E-state index contributed by atoms with van der Waals surface area (Å²) in [4.78, 5) is 2.42. The van der Waals surface area contributed by atoms with Crippen molar-refractivity contribution >= 4 is 28.9 Å². The van der Waals surface area contributed by atoms with Gasteiger partial charge in [0.05, 0.1) is 19.3 Å². The fourth-order valence-electron chi connectivity index (χ4n) is 2.75. The van der Waals surface area contributed by atoms with Crippen molar-refractivity contribution in [1.29, 1.82) is 0 Å². The molecule has 1 unspecified atom stereocenters. The van der Waals surface area contributed by atoms with Gasteiger partial charge in [-0.25, -0.2) is 0 Å². The average Bonchev–Trinajstić information content (AvgIpc) is 2.54. The second-order valence-corrected chi connectivity index (χ2v) is 6.31. The van der Waals surface area contributed by atoms with E-state index in [0.717, 1.165) is 55.6 Å². The van der Waals surface area contributed by atoms with Crippen LogP contribution in [0, 0.1) is 0 Å². The Balaban J connectivity index is 1.67. The van der Waals surface area contributed by atoms with E-state index in [-0.39, 0.29) is 6.04 Å². The number of hydrogen-bond donors (Lipinski definition) is 2. The van der Waals surface area contributed by atoms with Crippen LogP contribution in [0.1, 0.15) is 18.0 Å². The minimum Gasteiger partial charge on any atom is -0.379 e. The molecule has 22 heavy (non-hydrogen) atoms. The fourth-order valence-corrected chi connectivity index (χ4v) is 3.26. The molecule has 3 rings (SSSR count). The lowest BCUT2D eigenvalue weighted by Gasteiger charge is -2.30. The van der Waals surface area contributed by atoms with Gasteiger partial charge >= 0.3 is 0 Å². The van der Waals surface area contributed by atoms with Crippen LogP contribution in [-0.4, -0.2) is 42.9 Å². The van der Waals surface area contributed by atoms with Gasteiger partial charge in [0.2, 0.25) is 0 Å². The predicted octanol–water partition coefficient (Wildman–Crippen LogP) is 2.47. The Morgan fingerprint density at radius 1 is 1.27 bits per heavy atom. The average molecular weight is 338 g/mol. The van der Waals surface area contributed by atoms with Crippen molar-refractivity contribution in [1.82, 2.24) is 15.5 Å². The van der Waals surface area contributed by atoms with Crippen LogP contribution in [0.3, 0.4) is 0 Å². The van der Waals surface area contributed by atoms with Crippen molar-refractivity contribution in [2.45, 2.75) is 12.5 Å². The molecule has 1 aromatic carbocycles. The molecule has 0 bridgehead atoms. The number of nitrogens with one attached hydrogen (secondary N) is 2. The van der Waals surface area contributed by atoms with E-state index in [9.17, 15) is 0 Å². The number of nitrogens with zero attached hydrogens (tertiary/aromatic N) is 1. The SMILES string of the molecule is S=C1NC(CCN2CCOCC2)=CC(c2ccccc2Cl)N1. The van der Waals surface area contributed by atoms with E-state index in [0.29, 0.717) is 5.11 Å². The third-order valence-electron chi connectivity index (χ3n) is 3.97. The molecule has 0 aromatic heterocycles. The van der Waals surface area contributed by atoms with Crippen LogP contribution in [0.25, 0.3) is 0 Å². The maximum Gasteiger partial charge on any atom is 0.171 e. The Morgan fingerprint density at radius 2 is 2.05 bits per heavy atom. The molecule has 2 aliphatic rings. The first-order valence-corrected chi connectivity index (χ1v) is 8.34. The van der Waals surface area contributed by atoms with Crippen LogP contribution in [0.4, 0.5) is 0 Å². The minimum atomic E-state index is 0.0298. The zero-order valence-corrected chi connectivity index (χ0v) is 13.9. The molecular formula is C16H20ClN3OS. The lowest BCUT2D eigenvalue weighted by molar-refractivity contribution is 0.0383. The molecule has 0 radical (unpaired) electrons. The summed E-state index contributed by atoms with van der Waals surface area (Å²) in [6.45, 7) is 4.68. The maximum atomic E-state index is 6.30. The van der Waals surface area contributed by atoms with E-state index in [1.165, 1.54) is 0 Å². The van der Waals surface area contributed by atoms with Gasteiger partial charge in [0.25, 0.3) is 0 Å². The summed E-state index contributed by atoms with van der Waals surface area (Å²) in [6, 6.07) is 7.90. The number of hydrogen-bond acceptors (Lipinski definition) is 3. The molecule has 0 aliphatic carbocycles. The largest absolute Gasteiger partial charge is 0.379 e. The molecule has 1 saturated heterocycles. The topological polar surface area (TPSA) is 36.5 Å². The molecule has 2 N–H and O–H groups in total. The zero-order chi connectivity index (χ0) is 15.4. The predicted molar refractivity (Wildman–Crippen MR) is 93.0 cm³/mol. The Morgan fingerprint density at radius 3 is 2.82 bits per heavy atom. The quantitative estimate of drug-likeness (QED) is 0.825. The Hall–Kier alpha value is -1.14. The highest BCUT2D eigenvalue weighted by molar-refractivity contribution is 7.80. The first-order chi connectivity index (χ1) is 10.7. The highest BCUT2D eigenvalue weighted by Crippen LogP contribution is 2.26. The normalized spacial score (nSPS) is 22.7. The van der Waals surface area contributed by atoms with Gasteiger partial charge in [-0.05, 0) is 29.9 Å². The second-order valence-electron chi connectivity index (χ2n) is 5.49. The van der Waals surface area contributed by atoms with Crippen LogP contribution in [0.2, 0.25) is 5.02 Å². The molecule has 0 saturated carbocycles. The van der Waals surface area contributed by atoms with E-state index in [1.54, 1.807) is 0 Å². The van der Waals surface area contributed by atoms with Gasteiger partial charge in [-0.3, -0.25) is 4.90 Å². The zero-order valence-electron chi connectivity index (χ0n) is 12.3. The smallest absolute Gasteiger partial charge is 0.171 e. The lowest BCUT2D eigenvalue weighted by atomic mass is 10.0. The summed E-state index contributed by atoms with van der Waals surface area (Å²) in [5.41, 5.74) is 2.21. The molecule has 2 heterocycles. The number of benzene rings is 1. The highest BCUT2D eigenvalue weighted by Gasteiger charge is 2.20. The summed E-state index contributed by atoms with van der Waals surface area (Å²) < 4.78 is 5.38. The first-order valence-electron chi connectivity index (χ1n) is 7.55. The van der Waals surface area contributed by atoms with Gasteiger partial charge in [-0.15, -0.1) is 0 Å². The molecule has 1 fully saturated rings. The molecule has 0 amide bonds. The molecule has 1 aromatic rings. The van der Waals surface area contributed by atoms with E-state index in [4.69, 9.17) is 28.6 Å². The molecule has 1 atom stereocenters. The van der Waals surface area contributed by atoms with Crippen LogP contribution in [-0.2, 0) is 4.74 Å². The number of ether oxygens (including phenoxy) is 1. The minimum absolute atomic E-state index is 0.0298. The molecule has 0 spiro atoms. The van der Waals surface area contributed by atoms with Crippen molar-refractivity contribution in [3.8, 4) is 0 Å². The van der Waals surface area contributed by atoms with Gasteiger partial charge in [0.15, 0.2) is 5.11 Å². The number of thiocarbonyl (C=S) groups is 1. The molecule has 4 nitrogen and oxygen atoms in total. The molecule has 2 aliphatic heterocycles. The van der Waals surface area contributed by atoms with E-state index >= 15 is 0 Å². The van der Waals surface area contributed by atoms with Crippen LogP contribution in [0.5, 0.6) is 0 Å². The lowest BCUT2D eigenvalue weighted by Crippen LogP contribution is -2.43. The van der Waals surface area contributed by atoms with Gasteiger partial charge in [-0.1, -0.05) is 29.8 Å². The standard InChI is InChI=1S/C16H20ClN3OS/c17-14-4-2-1-3-13(14)15-11-12(18-16(22)19-15)5-6-20-7-9-21-10-8-20/h1-4,11,15H,5-10H2,(H2,18,19,22). The molecular weight excluding hydrogens is 318 g/mol. The third kappa shape index (κ3) is 3.98. The fraction of sp³-hybridized carbons (Fsp3) is 0.438. The van der Waals surface area contributed by atoms with E-state index in [2.05, 4.69) is 21.6 Å². The summed E-state index contributed by atoms with van der Waals surface area (Å²) >= 11 is 11.6. The number of morpholine rings is 1. The van der Waals surface area contributed by atoms with E-state index in [1.807, 2.05) is 24.3 Å². The van der Waals surface area contributed by atoms with Crippen LogP contribution >= 0.6 is 23.8 Å². The molecule has 118 valence electrons. The van der Waals surface area contributed by atoms with Crippen molar-refractivity contribution < 1.29 is 4.74 Å². The Labute approximate surface area is 141 Å². The highest BCUT2D eigenvalue weighted by atomic mass is 35.5. The van der Waals surface area contributed by atoms with Crippen LogP contribution in [0.15, 0.2) is 36.0 Å².